The number of hydrogen-bond donors (Lipinski definition) is 2. The molecule has 1 unspecified atom stereocenters. The molecular weight excluding hydrogens is 284 g/mol. The van der Waals surface area contributed by atoms with E-state index in [0.29, 0.717) is 19.0 Å². The summed E-state index contributed by atoms with van der Waals surface area (Å²) >= 11 is 0. The molecule has 0 aliphatic carbocycles. The second-order valence-corrected chi connectivity index (χ2v) is 6.25. The molecule has 3 N–H and O–H groups in total. The predicted molar refractivity (Wildman–Crippen MR) is 83.2 cm³/mol. The Kier molecular flexibility index (Phi) is 5.13. The lowest BCUT2D eigenvalue weighted by molar-refractivity contribution is 0.0524. The summed E-state index contributed by atoms with van der Waals surface area (Å²) in [7, 11) is 0. The van der Waals surface area contributed by atoms with Crippen LogP contribution in [0.1, 0.15) is 38.8 Å². The van der Waals surface area contributed by atoms with E-state index in [4.69, 9.17) is 19.9 Å². The molecule has 1 heterocycles. The van der Waals surface area contributed by atoms with E-state index in [1.54, 1.807) is 0 Å². The number of rotatable bonds is 3. The van der Waals surface area contributed by atoms with E-state index >= 15 is 0 Å². The molecule has 0 bridgehead atoms. The van der Waals surface area contributed by atoms with Crippen molar-refractivity contribution in [2.45, 2.75) is 38.8 Å². The summed E-state index contributed by atoms with van der Waals surface area (Å²) in [4.78, 5) is 11.6. The van der Waals surface area contributed by atoms with E-state index in [1.807, 2.05) is 39.0 Å². The van der Waals surface area contributed by atoms with Crippen molar-refractivity contribution in [3.63, 3.8) is 0 Å². The Balaban J connectivity index is 1.94. The molecule has 122 valence electrons. The van der Waals surface area contributed by atoms with Gasteiger partial charge in [-0.25, -0.2) is 4.79 Å². The summed E-state index contributed by atoms with van der Waals surface area (Å²) in [5, 5.41) is 2.67. The van der Waals surface area contributed by atoms with Crippen LogP contribution in [-0.4, -0.2) is 31.5 Å². The Morgan fingerprint density at radius 3 is 2.68 bits per heavy atom. The van der Waals surface area contributed by atoms with Crippen LogP contribution >= 0.6 is 0 Å². The van der Waals surface area contributed by atoms with Crippen molar-refractivity contribution in [2.75, 3.05) is 19.8 Å². The van der Waals surface area contributed by atoms with Gasteiger partial charge in [0.25, 0.3) is 0 Å². The maximum Gasteiger partial charge on any atom is 0.407 e. The zero-order valence-electron chi connectivity index (χ0n) is 13.3. The number of alkyl carbamates (subject to hydrolysis) is 1. The molecular formula is C16H24N2O4. The average Bonchev–Trinajstić information content (AvgIpc) is 2.67. The van der Waals surface area contributed by atoms with Gasteiger partial charge in [0.05, 0.1) is 13.2 Å². The SMILES string of the molecule is CC(C)(C)OC(=O)NCC(N)c1ccc2c(c1)OCCCO2. The smallest absolute Gasteiger partial charge is 0.407 e. The summed E-state index contributed by atoms with van der Waals surface area (Å²) in [5.41, 5.74) is 6.46. The van der Waals surface area contributed by atoms with Crippen LogP contribution in [0.4, 0.5) is 4.79 Å². The minimum atomic E-state index is -0.524. The van der Waals surface area contributed by atoms with E-state index < -0.39 is 11.7 Å². The predicted octanol–water partition coefficient (Wildman–Crippen LogP) is 2.37. The van der Waals surface area contributed by atoms with Crippen LogP contribution in [0.2, 0.25) is 0 Å². The number of nitrogens with two attached hydrogens (primary N) is 1. The first-order chi connectivity index (χ1) is 10.3. The lowest BCUT2D eigenvalue weighted by Gasteiger charge is -2.21. The second kappa shape index (κ2) is 6.87. The summed E-state index contributed by atoms with van der Waals surface area (Å²) in [5.74, 6) is 1.43. The van der Waals surface area contributed by atoms with Crippen molar-refractivity contribution < 1.29 is 19.0 Å². The summed E-state index contributed by atoms with van der Waals surface area (Å²) in [6.07, 6.45) is 0.383. The second-order valence-electron chi connectivity index (χ2n) is 6.25. The molecule has 1 aliphatic heterocycles. The zero-order chi connectivity index (χ0) is 16.2. The van der Waals surface area contributed by atoms with Gasteiger partial charge in [-0.2, -0.15) is 0 Å². The molecule has 6 nitrogen and oxygen atoms in total. The Bertz CT molecular complexity index is 525. The van der Waals surface area contributed by atoms with Crippen LogP contribution in [0.3, 0.4) is 0 Å². The molecule has 6 heteroatoms. The third-order valence-electron chi connectivity index (χ3n) is 3.06. The van der Waals surface area contributed by atoms with Crippen LogP contribution in [-0.2, 0) is 4.74 Å². The summed E-state index contributed by atoms with van der Waals surface area (Å²) < 4.78 is 16.4. The normalized spacial score (nSPS) is 15.6. The molecule has 1 aliphatic rings. The molecule has 0 saturated carbocycles. The standard InChI is InChI=1S/C16H24N2O4/c1-16(2,3)22-15(19)18-10-12(17)11-5-6-13-14(9-11)21-8-4-7-20-13/h5-6,9,12H,4,7-8,10,17H2,1-3H3,(H,18,19). The lowest BCUT2D eigenvalue weighted by Crippen LogP contribution is -2.36. The van der Waals surface area contributed by atoms with Crippen molar-refractivity contribution in [3.8, 4) is 11.5 Å². The number of carbonyl (C=O) groups excluding carboxylic acids is 1. The number of carbonyl (C=O) groups is 1. The maximum atomic E-state index is 11.6. The summed E-state index contributed by atoms with van der Waals surface area (Å²) in [6, 6.07) is 5.25. The molecule has 0 radical (unpaired) electrons. The first kappa shape index (κ1) is 16.4. The highest BCUT2D eigenvalue weighted by Gasteiger charge is 2.18. The van der Waals surface area contributed by atoms with Gasteiger partial charge < -0.3 is 25.3 Å². The highest BCUT2D eigenvalue weighted by Crippen LogP contribution is 2.31. The van der Waals surface area contributed by atoms with Crippen LogP contribution in [0, 0.1) is 0 Å². The third-order valence-corrected chi connectivity index (χ3v) is 3.06. The number of ether oxygens (including phenoxy) is 3. The van der Waals surface area contributed by atoms with Crippen molar-refractivity contribution >= 4 is 6.09 Å². The minimum Gasteiger partial charge on any atom is -0.490 e. The molecule has 0 spiro atoms. The van der Waals surface area contributed by atoms with Gasteiger partial charge >= 0.3 is 6.09 Å². The monoisotopic (exact) mass is 308 g/mol. The maximum absolute atomic E-state index is 11.6. The van der Waals surface area contributed by atoms with Gasteiger partial charge in [0.2, 0.25) is 0 Å². The van der Waals surface area contributed by atoms with E-state index in [0.717, 1.165) is 17.7 Å². The quantitative estimate of drug-likeness (QED) is 0.895. The Hall–Kier alpha value is -1.95. The van der Waals surface area contributed by atoms with E-state index in [-0.39, 0.29) is 12.6 Å². The summed E-state index contributed by atoms with van der Waals surface area (Å²) in [6.45, 7) is 7.01. The Morgan fingerprint density at radius 1 is 1.32 bits per heavy atom. The topological polar surface area (TPSA) is 82.8 Å². The van der Waals surface area contributed by atoms with Crippen molar-refractivity contribution in [2.24, 2.45) is 5.73 Å². The molecule has 0 fully saturated rings. The van der Waals surface area contributed by atoms with Crippen molar-refractivity contribution in [1.29, 1.82) is 0 Å². The lowest BCUT2D eigenvalue weighted by atomic mass is 10.1. The fourth-order valence-corrected chi connectivity index (χ4v) is 2.04. The molecule has 1 amide bonds. The Morgan fingerprint density at radius 2 is 2.00 bits per heavy atom. The van der Waals surface area contributed by atoms with E-state index in [2.05, 4.69) is 5.32 Å². The Labute approximate surface area is 130 Å². The highest BCUT2D eigenvalue weighted by atomic mass is 16.6. The van der Waals surface area contributed by atoms with E-state index in [1.165, 1.54) is 0 Å². The molecule has 0 aromatic heterocycles. The fourth-order valence-electron chi connectivity index (χ4n) is 2.04. The van der Waals surface area contributed by atoms with Crippen LogP contribution in [0.15, 0.2) is 18.2 Å². The number of nitrogens with one attached hydrogen (secondary N) is 1. The zero-order valence-corrected chi connectivity index (χ0v) is 13.3. The van der Waals surface area contributed by atoms with Gasteiger partial charge in [-0.3, -0.25) is 0 Å². The first-order valence-electron chi connectivity index (χ1n) is 7.47. The molecule has 1 atom stereocenters. The van der Waals surface area contributed by atoms with Gasteiger partial charge in [-0.15, -0.1) is 0 Å². The molecule has 1 aromatic rings. The third kappa shape index (κ3) is 4.80. The van der Waals surface area contributed by atoms with Crippen LogP contribution in [0.25, 0.3) is 0 Å². The van der Waals surface area contributed by atoms with Gasteiger partial charge in [0, 0.05) is 19.0 Å². The molecule has 1 aromatic carbocycles. The van der Waals surface area contributed by atoms with Gasteiger partial charge in [0.15, 0.2) is 11.5 Å². The fraction of sp³-hybridized carbons (Fsp3) is 0.562. The molecule has 22 heavy (non-hydrogen) atoms. The van der Waals surface area contributed by atoms with Crippen LogP contribution < -0.4 is 20.5 Å². The largest absolute Gasteiger partial charge is 0.490 e. The number of hydrogen-bond acceptors (Lipinski definition) is 5. The first-order valence-corrected chi connectivity index (χ1v) is 7.47. The number of benzene rings is 1. The molecule has 0 saturated heterocycles. The number of amides is 1. The van der Waals surface area contributed by atoms with Crippen molar-refractivity contribution in [3.05, 3.63) is 23.8 Å². The highest BCUT2D eigenvalue weighted by molar-refractivity contribution is 5.67. The number of fused-ring (bicyclic) bond motifs is 1. The van der Waals surface area contributed by atoms with E-state index in [9.17, 15) is 4.79 Å². The molecule has 2 rings (SSSR count). The van der Waals surface area contributed by atoms with Crippen LogP contribution in [0.5, 0.6) is 11.5 Å². The van der Waals surface area contributed by atoms with Gasteiger partial charge in [-0.05, 0) is 38.5 Å². The average molecular weight is 308 g/mol. The minimum absolute atomic E-state index is 0.286. The van der Waals surface area contributed by atoms with Crippen molar-refractivity contribution in [1.82, 2.24) is 5.32 Å². The van der Waals surface area contributed by atoms with Gasteiger partial charge in [-0.1, -0.05) is 6.07 Å². The van der Waals surface area contributed by atoms with Gasteiger partial charge in [0.1, 0.15) is 5.60 Å².